The maximum absolute atomic E-state index is 11.6. The van der Waals surface area contributed by atoms with Crippen molar-refractivity contribution in [1.82, 2.24) is 0 Å². The third-order valence-electron chi connectivity index (χ3n) is 2.52. The Kier molecular flexibility index (Phi) is 4.89. The maximum atomic E-state index is 11.6. The molecule has 0 fully saturated rings. The zero-order chi connectivity index (χ0) is 13.7. The Balaban J connectivity index is 2.86. The van der Waals surface area contributed by atoms with Crippen LogP contribution in [0.25, 0.3) is 0 Å². The first kappa shape index (κ1) is 14.2. The molecular formula is C14H19NO3. The highest BCUT2D eigenvalue weighted by molar-refractivity contribution is 5.94. The van der Waals surface area contributed by atoms with Gasteiger partial charge in [0.25, 0.3) is 0 Å². The van der Waals surface area contributed by atoms with Gasteiger partial charge in [0.15, 0.2) is 0 Å². The van der Waals surface area contributed by atoms with Gasteiger partial charge in [-0.15, -0.1) is 0 Å². The molecule has 4 nitrogen and oxygen atoms in total. The Morgan fingerprint density at radius 2 is 2.00 bits per heavy atom. The monoisotopic (exact) mass is 249 g/mol. The molecule has 0 radical (unpaired) electrons. The molecule has 0 aliphatic heterocycles. The summed E-state index contributed by atoms with van der Waals surface area (Å²) in [6.45, 7) is 7.62. The fraction of sp³-hybridized carbons (Fsp3) is 0.429. The molecule has 18 heavy (non-hydrogen) atoms. The van der Waals surface area contributed by atoms with Gasteiger partial charge in [-0.2, -0.15) is 0 Å². The minimum atomic E-state index is -0.345. The van der Waals surface area contributed by atoms with Crippen LogP contribution in [0.15, 0.2) is 18.2 Å². The molecule has 0 heterocycles. The Morgan fingerprint density at radius 3 is 2.50 bits per heavy atom. The lowest BCUT2D eigenvalue weighted by atomic mass is 10.1. The number of ether oxygens (including phenoxy) is 1. The summed E-state index contributed by atoms with van der Waals surface area (Å²) in [4.78, 5) is 23.1. The van der Waals surface area contributed by atoms with Crippen molar-refractivity contribution in [2.75, 3.05) is 11.9 Å². The molecule has 0 aliphatic rings. The Morgan fingerprint density at radius 1 is 1.33 bits per heavy atom. The number of hydrogen-bond donors (Lipinski definition) is 1. The van der Waals surface area contributed by atoms with E-state index in [2.05, 4.69) is 5.32 Å². The molecule has 0 spiro atoms. The molecule has 0 aromatic heterocycles. The van der Waals surface area contributed by atoms with Crippen molar-refractivity contribution in [2.24, 2.45) is 5.92 Å². The summed E-state index contributed by atoms with van der Waals surface area (Å²) in [5.74, 6) is -0.460. The van der Waals surface area contributed by atoms with E-state index in [0.717, 1.165) is 11.3 Å². The number of amides is 1. The molecule has 98 valence electrons. The van der Waals surface area contributed by atoms with Gasteiger partial charge >= 0.3 is 5.97 Å². The zero-order valence-corrected chi connectivity index (χ0v) is 11.2. The SMILES string of the molecule is CCOC(=O)c1ccc(NC(=O)C(C)C)c(C)c1. The molecule has 0 atom stereocenters. The molecule has 1 aromatic rings. The summed E-state index contributed by atoms with van der Waals surface area (Å²) in [6, 6.07) is 5.09. The Labute approximate surface area is 107 Å². The van der Waals surface area contributed by atoms with Crippen LogP contribution in [0.1, 0.15) is 36.7 Å². The highest BCUT2D eigenvalue weighted by atomic mass is 16.5. The first-order valence-corrected chi connectivity index (χ1v) is 6.04. The predicted molar refractivity (Wildman–Crippen MR) is 70.6 cm³/mol. The van der Waals surface area contributed by atoms with E-state index in [1.165, 1.54) is 0 Å². The third-order valence-corrected chi connectivity index (χ3v) is 2.52. The second-order valence-corrected chi connectivity index (χ2v) is 4.39. The minimum Gasteiger partial charge on any atom is -0.462 e. The van der Waals surface area contributed by atoms with E-state index in [1.54, 1.807) is 25.1 Å². The van der Waals surface area contributed by atoms with Crippen LogP contribution in [-0.4, -0.2) is 18.5 Å². The van der Waals surface area contributed by atoms with Crippen LogP contribution in [0, 0.1) is 12.8 Å². The second kappa shape index (κ2) is 6.19. The average Bonchev–Trinajstić information content (AvgIpc) is 2.31. The van der Waals surface area contributed by atoms with Crippen LogP contribution in [0.3, 0.4) is 0 Å². The van der Waals surface area contributed by atoms with Crippen molar-refractivity contribution in [3.63, 3.8) is 0 Å². The quantitative estimate of drug-likeness (QED) is 0.835. The number of carbonyl (C=O) groups is 2. The summed E-state index contributed by atoms with van der Waals surface area (Å²) in [7, 11) is 0. The van der Waals surface area contributed by atoms with Crippen LogP contribution in [0.5, 0.6) is 0 Å². The van der Waals surface area contributed by atoms with Crippen molar-refractivity contribution >= 4 is 17.6 Å². The average molecular weight is 249 g/mol. The van der Waals surface area contributed by atoms with Gasteiger partial charge in [0.1, 0.15) is 0 Å². The number of rotatable bonds is 4. The van der Waals surface area contributed by atoms with Gasteiger partial charge in [-0.3, -0.25) is 4.79 Å². The maximum Gasteiger partial charge on any atom is 0.338 e. The summed E-state index contributed by atoms with van der Waals surface area (Å²) in [6.07, 6.45) is 0. The standard InChI is InChI=1S/C14H19NO3/c1-5-18-14(17)11-6-7-12(10(4)8-11)15-13(16)9(2)3/h6-9H,5H2,1-4H3,(H,15,16). The first-order valence-electron chi connectivity index (χ1n) is 6.04. The van der Waals surface area contributed by atoms with Gasteiger partial charge in [0, 0.05) is 11.6 Å². The lowest BCUT2D eigenvalue weighted by molar-refractivity contribution is -0.118. The molecule has 1 N–H and O–H groups in total. The molecular weight excluding hydrogens is 230 g/mol. The van der Waals surface area contributed by atoms with Crippen molar-refractivity contribution in [1.29, 1.82) is 0 Å². The van der Waals surface area contributed by atoms with Gasteiger partial charge in [0.05, 0.1) is 12.2 Å². The zero-order valence-electron chi connectivity index (χ0n) is 11.2. The van der Waals surface area contributed by atoms with E-state index < -0.39 is 0 Å². The van der Waals surface area contributed by atoms with Crippen molar-refractivity contribution in [3.8, 4) is 0 Å². The molecule has 1 aromatic carbocycles. The normalized spacial score (nSPS) is 10.3. The number of nitrogens with one attached hydrogen (secondary N) is 1. The van der Waals surface area contributed by atoms with E-state index >= 15 is 0 Å². The van der Waals surface area contributed by atoms with Crippen LogP contribution in [0.2, 0.25) is 0 Å². The Bertz CT molecular complexity index is 452. The molecule has 0 unspecified atom stereocenters. The Hall–Kier alpha value is -1.84. The fourth-order valence-electron chi connectivity index (χ4n) is 1.42. The lowest BCUT2D eigenvalue weighted by Gasteiger charge is -2.11. The molecule has 0 aliphatic carbocycles. The van der Waals surface area contributed by atoms with Gasteiger partial charge in [-0.25, -0.2) is 4.79 Å². The number of esters is 1. The van der Waals surface area contributed by atoms with Crippen LogP contribution >= 0.6 is 0 Å². The van der Waals surface area contributed by atoms with Crippen molar-refractivity contribution < 1.29 is 14.3 Å². The fourth-order valence-corrected chi connectivity index (χ4v) is 1.42. The lowest BCUT2D eigenvalue weighted by Crippen LogP contribution is -2.18. The van der Waals surface area contributed by atoms with Crippen molar-refractivity contribution in [3.05, 3.63) is 29.3 Å². The number of anilines is 1. The molecule has 0 bridgehead atoms. The van der Waals surface area contributed by atoms with Gasteiger partial charge < -0.3 is 10.1 Å². The summed E-state index contributed by atoms with van der Waals surface area (Å²) >= 11 is 0. The number of benzene rings is 1. The largest absolute Gasteiger partial charge is 0.462 e. The van der Waals surface area contributed by atoms with E-state index in [0.29, 0.717) is 12.2 Å². The van der Waals surface area contributed by atoms with Gasteiger partial charge in [-0.1, -0.05) is 13.8 Å². The van der Waals surface area contributed by atoms with E-state index in [-0.39, 0.29) is 17.8 Å². The van der Waals surface area contributed by atoms with Crippen LogP contribution in [-0.2, 0) is 9.53 Å². The summed E-state index contributed by atoms with van der Waals surface area (Å²) < 4.78 is 4.92. The number of carbonyl (C=O) groups excluding carboxylic acids is 2. The summed E-state index contributed by atoms with van der Waals surface area (Å²) in [5, 5.41) is 2.82. The number of aryl methyl sites for hydroxylation is 1. The molecule has 0 saturated heterocycles. The highest BCUT2D eigenvalue weighted by Crippen LogP contribution is 2.18. The smallest absolute Gasteiger partial charge is 0.338 e. The van der Waals surface area contributed by atoms with E-state index in [9.17, 15) is 9.59 Å². The first-order chi connectivity index (χ1) is 8.45. The third kappa shape index (κ3) is 3.58. The number of hydrogen-bond acceptors (Lipinski definition) is 3. The van der Waals surface area contributed by atoms with Gasteiger partial charge in [0.2, 0.25) is 5.91 Å². The molecule has 1 rings (SSSR count). The van der Waals surface area contributed by atoms with Gasteiger partial charge in [-0.05, 0) is 37.6 Å². The summed E-state index contributed by atoms with van der Waals surface area (Å²) in [5.41, 5.74) is 2.06. The predicted octanol–water partition coefficient (Wildman–Crippen LogP) is 2.77. The van der Waals surface area contributed by atoms with Crippen LogP contribution < -0.4 is 5.32 Å². The highest BCUT2D eigenvalue weighted by Gasteiger charge is 2.11. The minimum absolute atomic E-state index is 0.0398. The van der Waals surface area contributed by atoms with Crippen LogP contribution in [0.4, 0.5) is 5.69 Å². The van der Waals surface area contributed by atoms with Crippen molar-refractivity contribution in [2.45, 2.75) is 27.7 Å². The van der Waals surface area contributed by atoms with E-state index in [1.807, 2.05) is 20.8 Å². The topological polar surface area (TPSA) is 55.4 Å². The second-order valence-electron chi connectivity index (χ2n) is 4.39. The molecule has 1 amide bonds. The molecule has 0 saturated carbocycles. The molecule has 4 heteroatoms. The van der Waals surface area contributed by atoms with E-state index in [4.69, 9.17) is 4.74 Å².